The van der Waals surface area contributed by atoms with E-state index in [0.717, 1.165) is 15.8 Å². The maximum atomic E-state index is 9.50. The third-order valence-corrected chi connectivity index (χ3v) is 3.62. The standard InChI is InChI=1S/C13H19BrO2/c1-8-6-10(14)12(16-5)11(9(8)2)13(3,4)7-15/h6,15H,7H2,1-5H3. The Morgan fingerprint density at radius 3 is 2.38 bits per heavy atom. The van der Waals surface area contributed by atoms with Gasteiger partial charge in [-0.05, 0) is 47.0 Å². The fraction of sp³-hybridized carbons (Fsp3) is 0.538. The lowest BCUT2D eigenvalue weighted by Crippen LogP contribution is -2.24. The van der Waals surface area contributed by atoms with Crippen LogP contribution in [-0.4, -0.2) is 18.8 Å². The first-order chi connectivity index (χ1) is 7.35. The molecule has 0 atom stereocenters. The van der Waals surface area contributed by atoms with E-state index in [-0.39, 0.29) is 12.0 Å². The van der Waals surface area contributed by atoms with E-state index in [4.69, 9.17) is 4.74 Å². The monoisotopic (exact) mass is 286 g/mol. The lowest BCUT2D eigenvalue weighted by molar-refractivity contribution is 0.214. The summed E-state index contributed by atoms with van der Waals surface area (Å²) in [6, 6.07) is 2.05. The summed E-state index contributed by atoms with van der Waals surface area (Å²) in [6.45, 7) is 8.26. The van der Waals surface area contributed by atoms with Gasteiger partial charge in [0.2, 0.25) is 0 Å². The zero-order chi connectivity index (χ0) is 12.5. The number of benzene rings is 1. The first-order valence-electron chi connectivity index (χ1n) is 5.30. The molecule has 0 unspecified atom stereocenters. The molecule has 0 aromatic heterocycles. The number of aliphatic hydroxyl groups excluding tert-OH is 1. The van der Waals surface area contributed by atoms with Gasteiger partial charge in [-0.3, -0.25) is 0 Å². The minimum atomic E-state index is -0.302. The van der Waals surface area contributed by atoms with Crippen LogP contribution in [-0.2, 0) is 5.41 Å². The molecule has 16 heavy (non-hydrogen) atoms. The summed E-state index contributed by atoms with van der Waals surface area (Å²) in [5.41, 5.74) is 3.15. The van der Waals surface area contributed by atoms with Gasteiger partial charge in [-0.25, -0.2) is 0 Å². The molecule has 1 N–H and O–H groups in total. The van der Waals surface area contributed by atoms with Crippen molar-refractivity contribution in [2.75, 3.05) is 13.7 Å². The average molecular weight is 287 g/mol. The fourth-order valence-electron chi connectivity index (χ4n) is 1.94. The highest BCUT2D eigenvalue weighted by Gasteiger charge is 2.27. The molecule has 0 aliphatic heterocycles. The molecular formula is C13H19BrO2. The van der Waals surface area contributed by atoms with E-state index in [0.29, 0.717) is 0 Å². The van der Waals surface area contributed by atoms with Gasteiger partial charge in [-0.2, -0.15) is 0 Å². The normalized spacial score (nSPS) is 11.7. The minimum Gasteiger partial charge on any atom is -0.495 e. The van der Waals surface area contributed by atoms with Crippen molar-refractivity contribution in [2.24, 2.45) is 0 Å². The van der Waals surface area contributed by atoms with E-state index >= 15 is 0 Å². The van der Waals surface area contributed by atoms with Crippen molar-refractivity contribution < 1.29 is 9.84 Å². The molecule has 2 nitrogen and oxygen atoms in total. The summed E-state index contributed by atoms with van der Waals surface area (Å²) in [7, 11) is 1.66. The SMILES string of the molecule is COc1c(Br)cc(C)c(C)c1C(C)(C)CO. The second-order valence-electron chi connectivity index (χ2n) is 4.75. The molecule has 0 aliphatic rings. The predicted molar refractivity (Wildman–Crippen MR) is 70.3 cm³/mol. The van der Waals surface area contributed by atoms with E-state index in [1.165, 1.54) is 11.1 Å². The lowest BCUT2D eigenvalue weighted by Gasteiger charge is -2.28. The van der Waals surface area contributed by atoms with Crippen LogP contribution in [0.4, 0.5) is 0 Å². The molecule has 1 aromatic carbocycles. The van der Waals surface area contributed by atoms with E-state index in [1.807, 2.05) is 19.9 Å². The molecule has 0 bridgehead atoms. The Labute approximate surface area is 106 Å². The first kappa shape index (κ1) is 13.5. The van der Waals surface area contributed by atoms with Gasteiger partial charge in [-0.15, -0.1) is 0 Å². The predicted octanol–water partition coefficient (Wildman–Crippen LogP) is 3.34. The van der Waals surface area contributed by atoms with Crippen LogP contribution in [0.5, 0.6) is 5.75 Å². The third-order valence-electron chi connectivity index (χ3n) is 3.03. The summed E-state index contributed by atoms with van der Waals surface area (Å²) in [4.78, 5) is 0. The first-order valence-corrected chi connectivity index (χ1v) is 6.09. The van der Waals surface area contributed by atoms with Gasteiger partial charge in [-0.1, -0.05) is 13.8 Å². The van der Waals surface area contributed by atoms with Crippen molar-refractivity contribution in [1.82, 2.24) is 0 Å². The fourth-order valence-corrected chi connectivity index (χ4v) is 2.65. The molecule has 0 saturated heterocycles. The van der Waals surface area contributed by atoms with Crippen LogP contribution >= 0.6 is 15.9 Å². The van der Waals surface area contributed by atoms with Gasteiger partial charge < -0.3 is 9.84 Å². The Balaban J connectivity index is 3.57. The van der Waals surface area contributed by atoms with E-state index in [2.05, 4.69) is 29.8 Å². The number of methoxy groups -OCH3 is 1. The van der Waals surface area contributed by atoms with Gasteiger partial charge in [0.25, 0.3) is 0 Å². The zero-order valence-corrected chi connectivity index (χ0v) is 12.1. The van der Waals surface area contributed by atoms with E-state index in [9.17, 15) is 5.11 Å². The molecule has 0 aliphatic carbocycles. The van der Waals surface area contributed by atoms with Crippen molar-refractivity contribution in [3.05, 3.63) is 27.2 Å². The number of halogens is 1. The molecule has 3 heteroatoms. The Morgan fingerprint density at radius 1 is 1.38 bits per heavy atom. The van der Waals surface area contributed by atoms with Crippen LogP contribution in [0.25, 0.3) is 0 Å². The number of ether oxygens (including phenoxy) is 1. The van der Waals surface area contributed by atoms with E-state index < -0.39 is 0 Å². The molecule has 0 amide bonds. The van der Waals surface area contributed by atoms with Crippen LogP contribution in [0.3, 0.4) is 0 Å². The Bertz CT molecular complexity index is 397. The highest BCUT2D eigenvalue weighted by Crippen LogP contribution is 2.40. The van der Waals surface area contributed by atoms with Gasteiger partial charge in [0.05, 0.1) is 18.2 Å². The smallest absolute Gasteiger partial charge is 0.137 e. The highest BCUT2D eigenvalue weighted by molar-refractivity contribution is 9.10. The van der Waals surface area contributed by atoms with Crippen molar-refractivity contribution in [1.29, 1.82) is 0 Å². The van der Waals surface area contributed by atoms with Crippen LogP contribution in [0, 0.1) is 13.8 Å². The summed E-state index contributed by atoms with van der Waals surface area (Å²) >= 11 is 3.51. The largest absolute Gasteiger partial charge is 0.495 e. The zero-order valence-electron chi connectivity index (χ0n) is 10.5. The number of rotatable bonds is 3. The van der Waals surface area contributed by atoms with Gasteiger partial charge in [0, 0.05) is 11.0 Å². The summed E-state index contributed by atoms with van der Waals surface area (Å²) in [6.07, 6.45) is 0. The molecule has 0 saturated carbocycles. The molecule has 0 spiro atoms. The van der Waals surface area contributed by atoms with Crippen molar-refractivity contribution in [3.8, 4) is 5.75 Å². The summed E-state index contributed by atoms with van der Waals surface area (Å²) < 4.78 is 6.38. The van der Waals surface area contributed by atoms with Crippen LogP contribution in [0.1, 0.15) is 30.5 Å². The quantitative estimate of drug-likeness (QED) is 0.924. The molecule has 1 rings (SSSR count). The lowest BCUT2D eigenvalue weighted by atomic mass is 9.81. The van der Waals surface area contributed by atoms with Crippen molar-refractivity contribution in [2.45, 2.75) is 33.1 Å². The Kier molecular flexibility index (Phi) is 4.02. The van der Waals surface area contributed by atoms with Crippen molar-refractivity contribution in [3.63, 3.8) is 0 Å². The van der Waals surface area contributed by atoms with Crippen molar-refractivity contribution >= 4 is 15.9 Å². The highest BCUT2D eigenvalue weighted by atomic mass is 79.9. The summed E-state index contributed by atoms with van der Waals surface area (Å²) in [5, 5.41) is 9.50. The summed E-state index contributed by atoms with van der Waals surface area (Å²) in [5.74, 6) is 0.821. The van der Waals surface area contributed by atoms with Gasteiger partial charge in [0.1, 0.15) is 5.75 Å². The topological polar surface area (TPSA) is 29.5 Å². The number of aliphatic hydroxyl groups is 1. The number of hydrogen-bond acceptors (Lipinski definition) is 2. The number of aryl methyl sites for hydroxylation is 1. The van der Waals surface area contributed by atoms with Crippen LogP contribution in [0.2, 0.25) is 0 Å². The molecule has 0 radical (unpaired) electrons. The molecule has 0 fully saturated rings. The number of hydrogen-bond donors (Lipinski definition) is 1. The van der Waals surface area contributed by atoms with Gasteiger partial charge >= 0.3 is 0 Å². The Hall–Kier alpha value is -0.540. The maximum absolute atomic E-state index is 9.50. The Morgan fingerprint density at radius 2 is 1.94 bits per heavy atom. The van der Waals surface area contributed by atoms with E-state index in [1.54, 1.807) is 7.11 Å². The molecule has 1 aromatic rings. The third kappa shape index (κ3) is 2.25. The van der Waals surface area contributed by atoms with Crippen LogP contribution < -0.4 is 4.74 Å². The molecular weight excluding hydrogens is 268 g/mol. The second kappa shape index (κ2) is 4.76. The van der Waals surface area contributed by atoms with Crippen LogP contribution in [0.15, 0.2) is 10.5 Å². The maximum Gasteiger partial charge on any atom is 0.137 e. The molecule has 90 valence electrons. The van der Waals surface area contributed by atoms with Gasteiger partial charge in [0.15, 0.2) is 0 Å². The second-order valence-corrected chi connectivity index (χ2v) is 5.60. The minimum absolute atomic E-state index is 0.0973. The molecule has 0 heterocycles. The average Bonchev–Trinajstić information content (AvgIpc) is 2.22.